The van der Waals surface area contributed by atoms with E-state index >= 15 is 0 Å². The maximum atomic E-state index is 12.5. The highest BCUT2D eigenvalue weighted by atomic mass is 16.5. The van der Waals surface area contributed by atoms with Gasteiger partial charge in [0.1, 0.15) is 23.9 Å². The van der Waals surface area contributed by atoms with Gasteiger partial charge in [-0.1, -0.05) is 19.8 Å². The summed E-state index contributed by atoms with van der Waals surface area (Å²) in [7, 11) is 1.60. The molecule has 1 unspecified atom stereocenters. The van der Waals surface area contributed by atoms with Crippen LogP contribution < -0.4 is 30.6 Å². The molecule has 2 aliphatic carbocycles. The van der Waals surface area contributed by atoms with Crippen LogP contribution in [0.2, 0.25) is 0 Å². The third-order valence-corrected chi connectivity index (χ3v) is 7.44. The molecule has 1 amide bonds. The van der Waals surface area contributed by atoms with Gasteiger partial charge in [0.2, 0.25) is 5.95 Å². The van der Waals surface area contributed by atoms with Crippen LogP contribution in [-0.4, -0.2) is 53.6 Å². The van der Waals surface area contributed by atoms with Gasteiger partial charge in [0, 0.05) is 17.6 Å². The number of anilines is 4. The molecule has 1 aromatic carbocycles. The van der Waals surface area contributed by atoms with Gasteiger partial charge in [-0.2, -0.15) is 10.1 Å². The molecule has 2 aliphatic heterocycles. The molecule has 2 atom stereocenters. The molecule has 2 saturated carbocycles. The van der Waals surface area contributed by atoms with Crippen molar-refractivity contribution in [2.45, 2.75) is 76.2 Å². The molecule has 1 aromatic heterocycles. The van der Waals surface area contributed by atoms with E-state index in [9.17, 15) is 4.79 Å². The van der Waals surface area contributed by atoms with Crippen LogP contribution in [0.4, 0.5) is 23.1 Å². The van der Waals surface area contributed by atoms with Crippen LogP contribution in [0.1, 0.15) is 62.2 Å². The Bertz CT molecular complexity index is 1140. The van der Waals surface area contributed by atoms with Crippen molar-refractivity contribution in [2.75, 3.05) is 22.2 Å². The zero-order valence-electron chi connectivity index (χ0n) is 20.2. The lowest BCUT2D eigenvalue weighted by Gasteiger charge is -2.47. The van der Waals surface area contributed by atoms with Crippen molar-refractivity contribution >= 4 is 35.4 Å². The van der Waals surface area contributed by atoms with Crippen LogP contribution in [0.15, 0.2) is 29.5 Å². The molecule has 184 valence electrons. The van der Waals surface area contributed by atoms with Crippen LogP contribution in [0.3, 0.4) is 0 Å². The van der Waals surface area contributed by atoms with Crippen LogP contribution in [0.5, 0.6) is 5.75 Å². The van der Waals surface area contributed by atoms with E-state index in [0.717, 1.165) is 30.8 Å². The molecule has 4 aliphatic rings. The molecule has 0 saturated heterocycles. The summed E-state index contributed by atoms with van der Waals surface area (Å²) in [5, 5.41) is 10.7. The Morgan fingerprint density at radius 1 is 1.23 bits per heavy atom. The Balaban J connectivity index is 1.32. The number of fused-ring (bicyclic) bond motifs is 3. The molecule has 35 heavy (non-hydrogen) atoms. The number of hydrazone groups is 1. The van der Waals surface area contributed by atoms with Gasteiger partial charge in [-0.05, 0) is 50.3 Å². The SMILES string of the molecule is CC[C@@H]1C2NN=CN2c2cnc(Nc3ccc(C(=O)NC4CC4)cc3OC)nc2N1C1CCCC1. The molecule has 10 nitrogen and oxygen atoms in total. The van der Waals surface area contributed by atoms with E-state index < -0.39 is 0 Å². The Hall–Kier alpha value is -3.56. The summed E-state index contributed by atoms with van der Waals surface area (Å²) in [4.78, 5) is 26.8. The Morgan fingerprint density at radius 3 is 2.80 bits per heavy atom. The van der Waals surface area contributed by atoms with Crippen molar-refractivity contribution < 1.29 is 9.53 Å². The van der Waals surface area contributed by atoms with E-state index in [2.05, 4.69) is 42.9 Å². The summed E-state index contributed by atoms with van der Waals surface area (Å²) < 4.78 is 5.59. The number of hydrogen-bond acceptors (Lipinski definition) is 9. The van der Waals surface area contributed by atoms with Crippen molar-refractivity contribution in [1.82, 2.24) is 20.7 Å². The monoisotopic (exact) mass is 476 g/mol. The van der Waals surface area contributed by atoms with Gasteiger partial charge >= 0.3 is 0 Å². The summed E-state index contributed by atoms with van der Waals surface area (Å²) in [6, 6.07) is 6.43. The first-order chi connectivity index (χ1) is 17.2. The summed E-state index contributed by atoms with van der Waals surface area (Å²) in [5.74, 6) is 1.94. The maximum Gasteiger partial charge on any atom is 0.251 e. The van der Waals surface area contributed by atoms with Crippen molar-refractivity contribution in [3.05, 3.63) is 30.0 Å². The van der Waals surface area contributed by atoms with Gasteiger partial charge in [0.25, 0.3) is 5.91 Å². The Morgan fingerprint density at radius 2 is 2.06 bits per heavy atom. The molecule has 10 heteroatoms. The zero-order valence-corrected chi connectivity index (χ0v) is 20.2. The smallest absolute Gasteiger partial charge is 0.251 e. The second kappa shape index (κ2) is 8.90. The topological polar surface area (TPSA) is 107 Å². The van der Waals surface area contributed by atoms with Crippen molar-refractivity contribution in [3.63, 3.8) is 0 Å². The molecule has 6 rings (SSSR count). The highest BCUT2D eigenvalue weighted by molar-refractivity contribution is 5.96. The molecule has 2 aromatic rings. The van der Waals surface area contributed by atoms with E-state index in [4.69, 9.17) is 9.72 Å². The number of carbonyl (C=O) groups excluding carboxylic acids is 1. The Labute approximate surface area is 205 Å². The lowest BCUT2D eigenvalue weighted by Crippen LogP contribution is -2.60. The Kier molecular flexibility index (Phi) is 5.58. The van der Waals surface area contributed by atoms with Crippen LogP contribution in [0.25, 0.3) is 0 Å². The highest BCUT2D eigenvalue weighted by Gasteiger charge is 2.44. The number of benzene rings is 1. The minimum absolute atomic E-state index is 0.0735. The molecular weight excluding hydrogens is 444 g/mol. The van der Waals surface area contributed by atoms with E-state index in [0.29, 0.717) is 35.0 Å². The lowest BCUT2D eigenvalue weighted by atomic mass is 10.0. The molecule has 0 spiro atoms. The summed E-state index contributed by atoms with van der Waals surface area (Å²) >= 11 is 0. The second-order valence-corrected chi connectivity index (χ2v) is 9.74. The molecule has 2 fully saturated rings. The van der Waals surface area contributed by atoms with Gasteiger partial charge in [-0.15, -0.1) is 0 Å². The average Bonchev–Trinajstić information content (AvgIpc) is 3.32. The summed E-state index contributed by atoms with van der Waals surface area (Å²) in [6.45, 7) is 2.22. The highest BCUT2D eigenvalue weighted by Crippen LogP contribution is 2.42. The second-order valence-electron chi connectivity index (χ2n) is 9.74. The number of hydrogen-bond donors (Lipinski definition) is 3. The van der Waals surface area contributed by atoms with E-state index in [-0.39, 0.29) is 18.1 Å². The molecule has 0 bridgehead atoms. The largest absolute Gasteiger partial charge is 0.495 e. The number of ether oxygens (including phenoxy) is 1. The maximum absolute atomic E-state index is 12.5. The lowest BCUT2D eigenvalue weighted by molar-refractivity contribution is 0.0950. The van der Waals surface area contributed by atoms with Crippen molar-refractivity contribution in [1.29, 1.82) is 0 Å². The van der Waals surface area contributed by atoms with Crippen molar-refractivity contribution in [3.8, 4) is 5.75 Å². The fraction of sp³-hybridized carbons (Fsp3) is 0.520. The molecule has 0 radical (unpaired) electrons. The fourth-order valence-corrected chi connectivity index (χ4v) is 5.50. The predicted octanol–water partition coefficient (Wildman–Crippen LogP) is 3.34. The van der Waals surface area contributed by atoms with E-state index in [1.165, 1.54) is 25.7 Å². The third kappa shape index (κ3) is 4.00. The first-order valence-corrected chi connectivity index (χ1v) is 12.6. The number of carbonyl (C=O) groups is 1. The standard InChI is InChI=1S/C25H32N8O2/c1-3-19-23-31-27-14-32(23)20-13-26-25(30-22(20)33(19)17-6-4-5-7-17)29-18-11-8-15(12-21(18)35-2)24(34)28-16-9-10-16/h8,11-14,16-17,19,23,31H,3-7,9-10H2,1-2H3,(H,28,34)(H,26,29,30)/t19-,23?/m1/s1. The summed E-state index contributed by atoms with van der Waals surface area (Å²) in [6.07, 6.45) is 11.7. The van der Waals surface area contributed by atoms with Gasteiger partial charge < -0.3 is 25.2 Å². The van der Waals surface area contributed by atoms with Gasteiger partial charge in [-0.3, -0.25) is 10.2 Å². The number of nitrogens with one attached hydrogen (secondary N) is 3. The normalized spacial score (nSPS) is 23.0. The number of amides is 1. The first kappa shape index (κ1) is 21.9. The minimum Gasteiger partial charge on any atom is -0.495 e. The quantitative estimate of drug-likeness (QED) is 0.559. The minimum atomic E-state index is -0.0735. The van der Waals surface area contributed by atoms with Gasteiger partial charge in [0.15, 0.2) is 5.82 Å². The third-order valence-electron chi connectivity index (χ3n) is 7.44. The zero-order chi connectivity index (χ0) is 23.9. The van der Waals surface area contributed by atoms with Crippen LogP contribution in [0, 0.1) is 0 Å². The number of methoxy groups -OCH3 is 1. The first-order valence-electron chi connectivity index (χ1n) is 12.6. The molecular formula is C25H32N8O2. The number of rotatable bonds is 7. The van der Waals surface area contributed by atoms with Gasteiger partial charge in [0.05, 0.1) is 25.0 Å². The van der Waals surface area contributed by atoms with Crippen LogP contribution >= 0.6 is 0 Å². The number of nitrogens with zero attached hydrogens (tertiary/aromatic N) is 5. The average molecular weight is 477 g/mol. The summed E-state index contributed by atoms with van der Waals surface area (Å²) in [5.41, 5.74) is 5.54. The number of aromatic nitrogens is 2. The van der Waals surface area contributed by atoms with E-state index in [1.807, 2.05) is 18.6 Å². The molecule has 3 N–H and O–H groups in total. The van der Waals surface area contributed by atoms with Crippen LogP contribution in [-0.2, 0) is 0 Å². The fourth-order valence-electron chi connectivity index (χ4n) is 5.50. The van der Waals surface area contributed by atoms with E-state index in [1.54, 1.807) is 19.2 Å². The molecule has 3 heterocycles. The van der Waals surface area contributed by atoms with Crippen molar-refractivity contribution in [2.24, 2.45) is 5.10 Å². The van der Waals surface area contributed by atoms with Gasteiger partial charge in [-0.25, -0.2) is 4.98 Å². The predicted molar refractivity (Wildman–Crippen MR) is 136 cm³/mol.